The molecule has 0 amide bonds. The van der Waals surface area contributed by atoms with E-state index in [4.69, 9.17) is 15.8 Å². The van der Waals surface area contributed by atoms with E-state index in [0.29, 0.717) is 12.4 Å². The van der Waals surface area contributed by atoms with Crippen LogP contribution in [0.2, 0.25) is 0 Å². The number of H-pyrrole nitrogens is 1. The van der Waals surface area contributed by atoms with Crippen molar-refractivity contribution >= 4 is 5.69 Å². The molecule has 1 atom stereocenters. The Morgan fingerprint density at radius 2 is 1.68 bits per heavy atom. The van der Waals surface area contributed by atoms with E-state index in [2.05, 4.69) is 76.9 Å². The van der Waals surface area contributed by atoms with Crippen LogP contribution in [-0.2, 0) is 13.0 Å². The lowest BCUT2D eigenvalue weighted by Crippen LogP contribution is -2.11. The Balaban J connectivity index is 1.42. The number of benzene rings is 3. The van der Waals surface area contributed by atoms with Gasteiger partial charge in [-0.15, -0.1) is 10.2 Å². The summed E-state index contributed by atoms with van der Waals surface area (Å²) in [5.41, 5.74) is 12.0. The van der Waals surface area contributed by atoms with Crippen LogP contribution in [0.3, 0.4) is 0 Å². The van der Waals surface area contributed by atoms with Gasteiger partial charge in [0.05, 0.1) is 6.54 Å². The minimum atomic E-state index is 0.106. The van der Waals surface area contributed by atoms with E-state index < -0.39 is 0 Å². The molecule has 0 saturated heterocycles. The molecule has 8 heteroatoms. The Bertz CT molecular complexity index is 1370. The van der Waals surface area contributed by atoms with E-state index in [9.17, 15) is 0 Å². The quantitative estimate of drug-likeness (QED) is 0.354. The fourth-order valence-corrected chi connectivity index (χ4v) is 4.09. The summed E-state index contributed by atoms with van der Waals surface area (Å²) >= 11 is 0. The van der Waals surface area contributed by atoms with Crippen molar-refractivity contribution in [3.63, 3.8) is 0 Å². The second-order valence-electron chi connectivity index (χ2n) is 8.26. The van der Waals surface area contributed by atoms with Crippen LogP contribution in [-0.4, -0.2) is 35.4 Å². The van der Waals surface area contributed by atoms with Crippen molar-refractivity contribution in [2.45, 2.75) is 32.7 Å². The van der Waals surface area contributed by atoms with E-state index in [1.165, 1.54) is 5.56 Å². The highest BCUT2D eigenvalue weighted by Crippen LogP contribution is 2.30. The molecule has 5 rings (SSSR count). The predicted molar refractivity (Wildman–Crippen MR) is 132 cm³/mol. The van der Waals surface area contributed by atoms with Gasteiger partial charge in [-0.3, -0.25) is 0 Å². The van der Waals surface area contributed by atoms with Gasteiger partial charge in [-0.1, -0.05) is 74.5 Å². The third-order valence-electron chi connectivity index (χ3n) is 5.99. The highest BCUT2D eigenvalue weighted by molar-refractivity contribution is 5.80. The first-order valence-corrected chi connectivity index (χ1v) is 11.3. The normalized spacial score (nSPS) is 12.1. The lowest BCUT2D eigenvalue weighted by molar-refractivity contribution is 0.615. The van der Waals surface area contributed by atoms with Crippen LogP contribution in [0.25, 0.3) is 22.5 Å². The molecule has 0 aliphatic rings. The van der Waals surface area contributed by atoms with E-state index in [1.807, 2.05) is 35.0 Å². The first kappa shape index (κ1) is 21.5. The number of rotatable bonds is 7. The van der Waals surface area contributed by atoms with Crippen LogP contribution in [0.1, 0.15) is 42.5 Å². The molecule has 0 aliphatic carbocycles. The maximum atomic E-state index is 5.87. The van der Waals surface area contributed by atoms with Gasteiger partial charge in [0.15, 0.2) is 5.82 Å². The molecule has 2 aromatic heterocycles. The summed E-state index contributed by atoms with van der Waals surface area (Å²) in [4.78, 5) is 4.83. The molecule has 5 aromatic rings. The summed E-state index contributed by atoms with van der Waals surface area (Å²) in [5.74, 6) is 2.49. The maximum Gasteiger partial charge on any atom is 0.205 e. The van der Waals surface area contributed by atoms with Gasteiger partial charge in [0, 0.05) is 23.6 Å². The topological polar surface area (TPSA) is 111 Å². The third-order valence-corrected chi connectivity index (χ3v) is 5.99. The van der Waals surface area contributed by atoms with Gasteiger partial charge >= 0.3 is 0 Å². The molecular weight excluding hydrogens is 424 g/mol. The van der Waals surface area contributed by atoms with Gasteiger partial charge in [0.25, 0.3) is 0 Å². The Morgan fingerprint density at radius 1 is 0.941 bits per heavy atom. The molecule has 0 bridgehead atoms. The molecule has 0 aliphatic heterocycles. The van der Waals surface area contributed by atoms with Crippen molar-refractivity contribution in [2.24, 2.45) is 0 Å². The van der Waals surface area contributed by atoms with Crippen molar-refractivity contribution in [1.29, 1.82) is 0 Å². The van der Waals surface area contributed by atoms with Crippen LogP contribution in [0.5, 0.6) is 0 Å². The summed E-state index contributed by atoms with van der Waals surface area (Å²) in [7, 11) is 0. The van der Waals surface area contributed by atoms with Gasteiger partial charge in [-0.25, -0.2) is 9.67 Å². The average Bonchev–Trinajstić information content (AvgIpc) is 3.55. The molecule has 3 N–H and O–H groups in total. The number of nitrogen functional groups attached to an aromatic ring is 1. The summed E-state index contributed by atoms with van der Waals surface area (Å²) < 4.78 is 2.02. The number of nitrogens with one attached hydrogen (secondary N) is 1. The molecule has 0 radical (unpaired) electrons. The number of aromatic amines is 1. The standard InChI is InChI=1S/C26H26N8/c1-3-24-28-26(17(2)19-12-14-21(27)15-13-19)34(31-24)16-18-8-10-20(11-9-18)22-6-4-5-7-23(22)25-29-32-33-30-25/h4-15,17H,3,16,27H2,1-2H3,(H,29,30,32,33). The molecule has 2 heterocycles. The summed E-state index contributed by atoms with van der Waals surface area (Å²) in [6.45, 7) is 4.88. The van der Waals surface area contributed by atoms with Gasteiger partial charge in [0.2, 0.25) is 5.82 Å². The number of anilines is 1. The average molecular weight is 451 g/mol. The highest BCUT2D eigenvalue weighted by Gasteiger charge is 2.18. The number of aromatic nitrogens is 7. The van der Waals surface area contributed by atoms with Crippen LogP contribution in [0.4, 0.5) is 5.69 Å². The molecule has 170 valence electrons. The van der Waals surface area contributed by atoms with Gasteiger partial charge in [0.1, 0.15) is 5.82 Å². The van der Waals surface area contributed by atoms with Crippen molar-refractivity contribution in [1.82, 2.24) is 35.4 Å². The number of tetrazole rings is 1. The zero-order valence-electron chi connectivity index (χ0n) is 19.2. The minimum absolute atomic E-state index is 0.106. The third kappa shape index (κ3) is 4.30. The molecule has 34 heavy (non-hydrogen) atoms. The smallest absolute Gasteiger partial charge is 0.205 e. The zero-order valence-corrected chi connectivity index (χ0v) is 19.2. The Kier molecular flexibility index (Phi) is 5.86. The van der Waals surface area contributed by atoms with Crippen molar-refractivity contribution in [2.75, 3.05) is 5.73 Å². The van der Waals surface area contributed by atoms with Crippen molar-refractivity contribution in [3.8, 4) is 22.5 Å². The molecule has 0 fully saturated rings. The molecular formula is C26H26N8. The van der Waals surface area contributed by atoms with Gasteiger partial charge in [-0.05, 0) is 39.6 Å². The molecule has 1 unspecified atom stereocenters. The van der Waals surface area contributed by atoms with E-state index >= 15 is 0 Å². The number of hydrogen-bond donors (Lipinski definition) is 2. The van der Waals surface area contributed by atoms with Gasteiger partial charge in [-0.2, -0.15) is 10.3 Å². The van der Waals surface area contributed by atoms with E-state index in [-0.39, 0.29) is 5.92 Å². The second kappa shape index (κ2) is 9.27. The fourth-order valence-electron chi connectivity index (χ4n) is 4.09. The molecule has 0 spiro atoms. The molecule has 0 saturated carbocycles. The first-order chi connectivity index (χ1) is 16.6. The largest absolute Gasteiger partial charge is 0.399 e. The summed E-state index contributed by atoms with van der Waals surface area (Å²) in [6, 6.07) is 24.5. The summed E-state index contributed by atoms with van der Waals surface area (Å²) in [6.07, 6.45) is 0.792. The Labute approximate surface area is 197 Å². The first-order valence-electron chi connectivity index (χ1n) is 11.3. The Hall–Kier alpha value is -4.33. The zero-order chi connectivity index (χ0) is 23.5. The van der Waals surface area contributed by atoms with Crippen molar-refractivity contribution in [3.05, 3.63) is 95.6 Å². The van der Waals surface area contributed by atoms with Gasteiger partial charge < -0.3 is 5.73 Å². The molecule has 3 aromatic carbocycles. The minimum Gasteiger partial charge on any atom is -0.399 e. The fraction of sp³-hybridized carbons (Fsp3) is 0.192. The van der Waals surface area contributed by atoms with E-state index in [1.54, 1.807) is 0 Å². The Morgan fingerprint density at radius 3 is 2.35 bits per heavy atom. The molecule has 8 nitrogen and oxygen atoms in total. The SMILES string of the molecule is CCc1nc(C(C)c2ccc(N)cc2)n(Cc2ccc(-c3ccccc3-c3nn[nH]n3)cc2)n1. The highest BCUT2D eigenvalue weighted by atomic mass is 15.5. The lowest BCUT2D eigenvalue weighted by atomic mass is 9.98. The number of nitrogens with zero attached hydrogens (tertiary/aromatic N) is 6. The van der Waals surface area contributed by atoms with Crippen LogP contribution in [0, 0.1) is 0 Å². The number of nitrogens with two attached hydrogens (primary N) is 1. The van der Waals surface area contributed by atoms with Crippen LogP contribution >= 0.6 is 0 Å². The van der Waals surface area contributed by atoms with Crippen LogP contribution in [0.15, 0.2) is 72.8 Å². The maximum absolute atomic E-state index is 5.87. The van der Waals surface area contributed by atoms with Crippen LogP contribution < -0.4 is 5.73 Å². The predicted octanol–water partition coefficient (Wildman–Crippen LogP) is 4.47. The summed E-state index contributed by atoms with van der Waals surface area (Å²) in [5, 5.41) is 19.3. The van der Waals surface area contributed by atoms with Crippen molar-refractivity contribution < 1.29 is 0 Å². The second-order valence-corrected chi connectivity index (χ2v) is 8.26. The lowest BCUT2D eigenvalue weighted by Gasteiger charge is -2.14. The monoisotopic (exact) mass is 450 g/mol. The number of aryl methyl sites for hydroxylation is 1. The van der Waals surface area contributed by atoms with E-state index in [0.717, 1.165) is 46.0 Å². The number of hydrogen-bond acceptors (Lipinski definition) is 6.